The lowest BCUT2D eigenvalue weighted by molar-refractivity contribution is 0.199. The molecule has 0 aliphatic carbocycles. The first kappa shape index (κ1) is 16.7. The second-order valence-corrected chi connectivity index (χ2v) is 6.37. The lowest BCUT2D eigenvalue weighted by atomic mass is 10.2. The monoisotopic (exact) mass is 341 g/mol. The first-order valence-corrected chi connectivity index (χ1v) is 8.18. The van der Waals surface area contributed by atoms with Crippen molar-refractivity contribution in [2.45, 2.75) is 16.3 Å². The Morgan fingerprint density at radius 1 is 1.05 bits per heavy atom. The molecule has 21 heavy (non-hydrogen) atoms. The largest absolute Gasteiger partial charge is 0.383 e. The highest BCUT2D eigenvalue weighted by Crippen LogP contribution is 2.37. The quantitative estimate of drug-likeness (QED) is 0.725. The maximum atomic E-state index is 6.36. The van der Waals surface area contributed by atoms with Gasteiger partial charge >= 0.3 is 0 Å². The third kappa shape index (κ3) is 5.20. The molecule has 0 amide bonds. The zero-order valence-electron chi connectivity index (χ0n) is 11.7. The molecule has 2 nitrogen and oxygen atoms in total. The molecular formula is C16H17Cl2NOS. The number of methoxy groups -OCH3 is 1. The molecule has 0 aromatic heterocycles. The van der Waals surface area contributed by atoms with Gasteiger partial charge in [-0.3, -0.25) is 0 Å². The smallest absolute Gasteiger partial charge is 0.0587 e. The zero-order chi connectivity index (χ0) is 15.1. The summed E-state index contributed by atoms with van der Waals surface area (Å²) in [6.45, 7) is 2.30. The van der Waals surface area contributed by atoms with Crippen molar-refractivity contribution in [2.75, 3.05) is 20.3 Å². The molecule has 2 aromatic carbocycles. The molecule has 0 saturated carbocycles. The first-order chi connectivity index (χ1) is 10.2. The third-order valence-electron chi connectivity index (χ3n) is 2.86. The van der Waals surface area contributed by atoms with E-state index in [4.69, 9.17) is 27.9 Å². The van der Waals surface area contributed by atoms with Gasteiger partial charge in [0.1, 0.15) is 0 Å². The highest BCUT2D eigenvalue weighted by Gasteiger charge is 2.06. The van der Waals surface area contributed by atoms with E-state index in [1.165, 1.54) is 0 Å². The number of ether oxygens (including phenoxy) is 1. The molecule has 0 bridgehead atoms. The van der Waals surface area contributed by atoms with Crippen molar-refractivity contribution in [3.8, 4) is 0 Å². The van der Waals surface area contributed by atoms with E-state index in [0.29, 0.717) is 6.61 Å². The summed E-state index contributed by atoms with van der Waals surface area (Å²) in [7, 11) is 1.69. The van der Waals surface area contributed by atoms with Gasteiger partial charge in [0.2, 0.25) is 0 Å². The van der Waals surface area contributed by atoms with E-state index < -0.39 is 0 Å². The molecule has 0 aliphatic rings. The molecule has 0 unspecified atom stereocenters. The van der Waals surface area contributed by atoms with Gasteiger partial charge in [0.25, 0.3) is 0 Å². The highest BCUT2D eigenvalue weighted by atomic mass is 35.5. The van der Waals surface area contributed by atoms with E-state index in [1.807, 2.05) is 36.4 Å². The predicted molar refractivity (Wildman–Crippen MR) is 90.6 cm³/mol. The van der Waals surface area contributed by atoms with Crippen molar-refractivity contribution in [3.05, 3.63) is 58.1 Å². The number of hydrogen-bond donors (Lipinski definition) is 1. The van der Waals surface area contributed by atoms with Gasteiger partial charge in [-0.25, -0.2) is 0 Å². The molecule has 0 aliphatic heterocycles. The second kappa shape index (κ2) is 8.66. The van der Waals surface area contributed by atoms with Crippen molar-refractivity contribution in [1.29, 1.82) is 0 Å². The van der Waals surface area contributed by atoms with Crippen LogP contribution in [0.15, 0.2) is 52.3 Å². The van der Waals surface area contributed by atoms with Crippen LogP contribution in [0.25, 0.3) is 0 Å². The Morgan fingerprint density at radius 2 is 1.81 bits per heavy atom. The van der Waals surface area contributed by atoms with E-state index in [-0.39, 0.29) is 0 Å². The summed E-state index contributed by atoms with van der Waals surface area (Å²) in [5, 5.41) is 4.78. The van der Waals surface area contributed by atoms with Crippen LogP contribution in [0.5, 0.6) is 0 Å². The van der Waals surface area contributed by atoms with Crippen molar-refractivity contribution in [1.82, 2.24) is 5.32 Å². The summed E-state index contributed by atoms with van der Waals surface area (Å²) in [6.07, 6.45) is 0. The maximum Gasteiger partial charge on any atom is 0.0587 e. The molecule has 112 valence electrons. The second-order valence-electron chi connectivity index (χ2n) is 4.47. The number of benzene rings is 2. The summed E-state index contributed by atoms with van der Waals surface area (Å²) < 4.78 is 5.00. The standard InChI is InChI=1S/C16H17Cl2NOS/c1-20-9-8-19-11-12-6-7-16(14(18)10-12)21-15-5-3-2-4-13(15)17/h2-7,10,19H,8-9,11H2,1H3. The number of nitrogens with one attached hydrogen (secondary N) is 1. The van der Waals surface area contributed by atoms with Gasteiger partial charge in [-0.05, 0) is 29.8 Å². The number of rotatable bonds is 7. The number of hydrogen-bond acceptors (Lipinski definition) is 3. The molecular weight excluding hydrogens is 325 g/mol. The maximum absolute atomic E-state index is 6.36. The van der Waals surface area contributed by atoms with Gasteiger partial charge in [-0.2, -0.15) is 0 Å². The van der Waals surface area contributed by atoms with Crippen LogP contribution < -0.4 is 5.32 Å². The highest BCUT2D eigenvalue weighted by molar-refractivity contribution is 7.99. The van der Waals surface area contributed by atoms with Crippen LogP contribution in [0.2, 0.25) is 10.0 Å². The van der Waals surface area contributed by atoms with E-state index >= 15 is 0 Å². The minimum absolute atomic E-state index is 0.703. The SMILES string of the molecule is COCCNCc1ccc(Sc2ccccc2Cl)c(Cl)c1. The topological polar surface area (TPSA) is 21.3 Å². The fraction of sp³-hybridized carbons (Fsp3) is 0.250. The van der Waals surface area contributed by atoms with E-state index in [9.17, 15) is 0 Å². The van der Waals surface area contributed by atoms with Crippen molar-refractivity contribution in [2.24, 2.45) is 0 Å². The molecule has 0 saturated heterocycles. The average Bonchev–Trinajstić information content (AvgIpc) is 2.48. The fourth-order valence-corrected chi connectivity index (χ4v) is 3.20. The van der Waals surface area contributed by atoms with Gasteiger partial charge in [-0.15, -0.1) is 0 Å². The molecule has 5 heteroatoms. The molecule has 0 atom stereocenters. The molecule has 1 N–H and O–H groups in total. The summed E-state index contributed by atoms with van der Waals surface area (Å²) in [6, 6.07) is 13.9. The van der Waals surface area contributed by atoms with Crippen LogP contribution in [0.1, 0.15) is 5.56 Å². The minimum atomic E-state index is 0.703. The van der Waals surface area contributed by atoms with Gasteiger partial charge < -0.3 is 10.1 Å². The third-order valence-corrected chi connectivity index (χ3v) is 4.88. The van der Waals surface area contributed by atoms with Crippen LogP contribution in [-0.4, -0.2) is 20.3 Å². The van der Waals surface area contributed by atoms with Crippen molar-refractivity contribution < 1.29 is 4.74 Å². The fourth-order valence-electron chi connectivity index (χ4n) is 1.79. The van der Waals surface area contributed by atoms with Crippen molar-refractivity contribution in [3.63, 3.8) is 0 Å². The Balaban J connectivity index is 2.01. The molecule has 0 fully saturated rings. The van der Waals surface area contributed by atoms with E-state index in [1.54, 1.807) is 18.9 Å². The molecule has 0 radical (unpaired) electrons. The number of halogens is 2. The lowest BCUT2D eigenvalue weighted by Gasteiger charge is -2.09. The summed E-state index contributed by atoms with van der Waals surface area (Å²) in [4.78, 5) is 2.01. The van der Waals surface area contributed by atoms with Crippen LogP contribution in [0, 0.1) is 0 Å². The van der Waals surface area contributed by atoms with Crippen molar-refractivity contribution >= 4 is 35.0 Å². The van der Waals surface area contributed by atoms with Gasteiger partial charge in [0.15, 0.2) is 0 Å². The average molecular weight is 342 g/mol. The van der Waals surface area contributed by atoms with E-state index in [0.717, 1.165) is 38.5 Å². The van der Waals surface area contributed by atoms with Gasteiger partial charge in [0, 0.05) is 30.0 Å². The Kier molecular flexibility index (Phi) is 6.87. The lowest BCUT2D eigenvalue weighted by Crippen LogP contribution is -2.18. The zero-order valence-corrected chi connectivity index (χ0v) is 14.1. The predicted octanol–water partition coefficient (Wildman–Crippen LogP) is 4.88. The minimum Gasteiger partial charge on any atom is -0.383 e. The Morgan fingerprint density at radius 3 is 2.52 bits per heavy atom. The first-order valence-electron chi connectivity index (χ1n) is 6.61. The van der Waals surface area contributed by atoms with Crippen LogP contribution >= 0.6 is 35.0 Å². The summed E-state index contributed by atoms with van der Waals surface area (Å²) in [5.74, 6) is 0. The van der Waals surface area contributed by atoms with Gasteiger partial charge in [0.05, 0.1) is 16.7 Å². The van der Waals surface area contributed by atoms with Gasteiger partial charge in [-0.1, -0.05) is 53.2 Å². The summed E-state index contributed by atoms with van der Waals surface area (Å²) >= 11 is 14.1. The van der Waals surface area contributed by atoms with E-state index in [2.05, 4.69) is 11.4 Å². The van der Waals surface area contributed by atoms with Crippen LogP contribution in [0.3, 0.4) is 0 Å². The molecule has 2 aromatic rings. The Bertz CT molecular complexity index is 592. The Hall–Kier alpha value is -0.710. The molecule has 0 heterocycles. The molecule has 2 rings (SSSR count). The molecule has 0 spiro atoms. The summed E-state index contributed by atoms with van der Waals surface area (Å²) in [5.41, 5.74) is 1.15. The van der Waals surface area contributed by atoms with Crippen LogP contribution in [-0.2, 0) is 11.3 Å². The Labute approximate surface area is 139 Å². The van der Waals surface area contributed by atoms with Crippen LogP contribution in [0.4, 0.5) is 0 Å². The normalized spacial score (nSPS) is 10.8.